The lowest BCUT2D eigenvalue weighted by atomic mass is 10.2. The van der Waals surface area contributed by atoms with Crippen LogP contribution in [0.2, 0.25) is 0 Å². The van der Waals surface area contributed by atoms with Crippen molar-refractivity contribution in [3.63, 3.8) is 0 Å². The molecule has 0 radical (unpaired) electrons. The van der Waals surface area contributed by atoms with Gasteiger partial charge in [0, 0.05) is 19.3 Å². The number of aromatic nitrogens is 3. The summed E-state index contributed by atoms with van der Waals surface area (Å²) in [5.41, 5.74) is 1.62. The number of carbonyl (C=O) groups is 1. The molecule has 4 aromatic rings. The van der Waals surface area contributed by atoms with Crippen molar-refractivity contribution in [3.8, 4) is 11.6 Å². The molecule has 1 atom stereocenters. The first-order chi connectivity index (χ1) is 13.8. The molecule has 1 fully saturated rings. The first kappa shape index (κ1) is 16.6. The normalized spacial score (nSPS) is 16.7. The number of amides is 2. The summed E-state index contributed by atoms with van der Waals surface area (Å²) >= 11 is 0. The second kappa shape index (κ2) is 6.88. The van der Waals surface area contributed by atoms with Crippen LogP contribution in [0.15, 0.2) is 64.0 Å². The zero-order chi connectivity index (χ0) is 18.9. The van der Waals surface area contributed by atoms with Crippen LogP contribution in [0, 0.1) is 0 Å². The summed E-state index contributed by atoms with van der Waals surface area (Å²) in [5, 5.41) is 2.91. The third kappa shape index (κ3) is 2.92. The number of urea groups is 1. The van der Waals surface area contributed by atoms with Crippen molar-refractivity contribution in [1.82, 2.24) is 24.8 Å². The molecule has 5 rings (SSSR count). The lowest BCUT2D eigenvalue weighted by Gasteiger charge is -2.18. The second-order valence-corrected chi connectivity index (χ2v) is 6.76. The minimum Gasteiger partial charge on any atom is -0.467 e. The molecule has 1 aliphatic heterocycles. The van der Waals surface area contributed by atoms with Crippen molar-refractivity contribution >= 4 is 17.2 Å². The fourth-order valence-corrected chi connectivity index (χ4v) is 3.68. The Morgan fingerprint density at radius 3 is 2.89 bits per heavy atom. The van der Waals surface area contributed by atoms with Crippen molar-refractivity contribution in [3.05, 3.63) is 60.9 Å². The van der Waals surface area contributed by atoms with Crippen LogP contribution in [0.4, 0.5) is 4.79 Å². The van der Waals surface area contributed by atoms with Gasteiger partial charge < -0.3 is 23.6 Å². The molecule has 0 saturated carbocycles. The molecule has 1 saturated heterocycles. The summed E-state index contributed by atoms with van der Waals surface area (Å²) in [5.74, 6) is 2.16. The number of carbonyl (C=O) groups excluding carboxylic acids is 1. The smallest absolute Gasteiger partial charge is 0.317 e. The van der Waals surface area contributed by atoms with Gasteiger partial charge in [0.25, 0.3) is 0 Å². The van der Waals surface area contributed by atoms with E-state index in [0.717, 1.165) is 29.2 Å². The fourth-order valence-electron chi connectivity index (χ4n) is 3.68. The number of hydrogen-bond donors (Lipinski definition) is 1. The average molecular weight is 377 g/mol. The standard InChI is InChI=1S/C20H19N5O3/c26-20(22-12-15-4-2-10-27-15)24-9-7-14(13-24)25-18-16(5-1-8-21-18)23-19(25)17-6-3-11-28-17/h1-6,8,10-11,14H,7,9,12-13H2,(H,22,26)/t14-/m0/s1. The Kier molecular flexibility index (Phi) is 4.08. The minimum atomic E-state index is -0.101. The maximum Gasteiger partial charge on any atom is 0.317 e. The number of nitrogens with zero attached hydrogens (tertiary/aromatic N) is 4. The lowest BCUT2D eigenvalue weighted by Crippen LogP contribution is -2.38. The van der Waals surface area contributed by atoms with Crippen LogP contribution in [-0.4, -0.2) is 38.6 Å². The van der Waals surface area contributed by atoms with Crippen LogP contribution in [0.3, 0.4) is 0 Å². The van der Waals surface area contributed by atoms with Crippen LogP contribution in [0.5, 0.6) is 0 Å². The quantitative estimate of drug-likeness (QED) is 0.588. The molecule has 1 aliphatic rings. The molecule has 4 aromatic heterocycles. The molecule has 142 valence electrons. The number of nitrogens with one attached hydrogen (secondary N) is 1. The Hall–Kier alpha value is -3.55. The molecule has 8 heteroatoms. The zero-order valence-corrected chi connectivity index (χ0v) is 15.1. The molecular weight excluding hydrogens is 358 g/mol. The number of imidazole rings is 1. The lowest BCUT2D eigenvalue weighted by molar-refractivity contribution is 0.206. The number of fused-ring (bicyclic) bond motifs is 1. The number of rotatable bonds is 4. The first-order valence-electron chi connectivity index (χ1n) is 9.21. The van der Waals surface area contributed by atoms with Gasteiger partial charge in [-0.25, -0.2) is 14.8 Å². The predicted octanol–water partition coefficient (Wildman–Crippen LogP) is 3.44. The van der Waals surface area contributed by atoms with E-state index >= 15 is 0 Å². The summed E-state index contributed by atoms with van der Waals surface area (Å²) in [7, 11) is 0. The van der Waals surface area contributed by atoms with Crippen molar-refractivity contribution < 1.29 is 13.6 Å². The maximum absolute atomic E-state index is 12.5. The van der Waals surface area contributed by atoms with Gasteiger partial charge >= 0.3 is 6.03 Å². The highest BCUT2D eigenvalue weighted by Crippen LogP contribution is 2.32. The van der Waals surface area contributed by atoms with Crippen molar-refractivity contribution in [2.45, 2.75) is 19.0 Å². The summed E-state index contributed by atoms with van der Waals surface area (Å²) in [6.45, 7) is 1.62. The van der Waals surface area contributed by atoms with Gasteiger partial charge in [-0.05, 0) is 42.8 Å². The Labute approximate surface area is 160 Å². The Morgan fingerprint density at radius 1 is 1.18 bits per heavy atom. The van der Waals surface area contributed by atoms with Gasteiger partial charge in [0.2, 0.25) is 0 Å². The van der Waals surface area contributed by atoms with Gasteiger partial charge in [-0.15, -0.1) is 0 Å². The summed E-state index contributed by atoms with van der Waals surface area (Å²) in [6, 6.07) is 11.2. The average Bonchev–Trinajstić information content (AvgIpc) is 3.51. The van der Waals surface area contributed by atoms with Gasteiger partial charge in [0.05, 0.1) is 25.1 Å². The second-order valence-electron chi connectivity index (χ2n) is 6.76. The SMILES string of the molecule is O=C(NCc1ccco1)N1CC[C@H](n2c(-c3ccco3)nc3cccnc32)C1. The van der Waals surface area contributed by atoms with E-state index in [0.29, 0.717) is 25.4 Å². The molecular formula is C20H19N5O3. The van der Waals surface area contributed by atoms with Gasteiger partial charge in [0.1, 0.15) is 11.3 Å². The Morgan fingerprint density at radius 2 is 2.07 bits per heavy atom. The highest BCUT2D eigenvalue weighted by atomic mass is 16.3. The van der Waals surface area contributed by atoms with Gasteiger partial charge in [0.15, 0.2) is 17.2 Å². The number of likely N-dealkylation sites (tertiary alicyclic amines) is 1. The molecule has 0 aliphatic carbocycles. The molecule has 8 nitrogen and oxygen atoms in total. The summed E-state index contributed by atoms with van der Waals surface area (Å²) in [4.78, 5) is 23.6. The molecule has 5 heterocycles. The van der Waals surface area contributed by atoms with Crippen LogP contribution < -0.4 is 5.32 Å². The molecule has 0 aromatic carbocycles. The largest absolute Gasteiger partial charge is 0.467 e. The van der Waals surface area contributed by atoms with Gasteiger partial charge in [-0.1, -0.05) is 0 Å². The van der Waals surface area contributed by atoms with Gasteiger partial charge in [-0.2, -0.15) is 0 Å². The van der Waals surface area contributed by atoms with E-state index in [4.69, 9.17) is 13.8 Å². The van der Waals surface area contributed by atoms with Crippen molar-refractivity contribution in [2.75, 3.05) is 13.1 Å². The fraction of sp³-hybridized carbons (Fsp3) is 0.250. The van der Waals surface area contributed by atoms with E-state index in [-0.39, 0.29) is 12.1 Å². The molecule has 0 bridgehead atoms. The number of pyridine rings is 1. The third-order valence-electron chi connectivity index (χ3n) is 5.00. The predicted molar refractivity (Wildman–Crippen MR) is 101 cm³/mol. The molecule has 0 unspecified atom stereocenters. The molecule has 2 amide bonds. The zero-order valence-electron chi connectivity index (χ0n) is 15.1. The first-order valence-corrected chi connectivity index (χ1v) is 9.21. The number of furan rings is 2. The minimum absolute atomic E-state index is 0.0781. The van der Waals surface area contributed by atoms with Crippen LogP contribution in [0.1, 0.15) is 18.2 Å². The summed E-state index contributed by atoms with van der Waals surface area (Å²) < 4.78 is 12.9. The molecule has 1 N–H and O–H groups in total. The van der Waals surface area contributed by atoms with E-state index in [1.54, 1.807) is 24.8 Å². The maximum atomic E-state index is 12.5. The molecule has 28 heavy (non-hydrogen) atoms. The summed E-state index contributed by atoms with van der Waals surface area (Å²) in [6.07, 6.45) is 5.81. The van der Waals surface area contributed by atoms with E-state index in [1.165, 1.54) is 0 Å². The van der Waals surface area contributed by atoms with E-state index in [9.17, 15) is 4.79 Å². The Bertz CT molecular complexity index is 1080. The third-order valence-corrected chi connectivity index (χ3v) is 5.00. The van der Waals surface area contributed by atoms with Gasteiger partial charge in [-0.3, -0.25) is 0 Å². The van der Waals surface area contributed by atoms with Crippen molar-refractivity contribution in [2.24, 2.45) is 0 Å². The topological polar surface area (TPSA) is 89.3 Å². The van der Waals surface area contributed by atoms with E-state index < -0.39 is 0 Å². The van der Waals surface area contributed by atoms with Crippen LogP contribution in [0.25, 0.3) is 22.7 Å². The highest BCUT2D eigenvalue weighted by molar-refractivity contribution is 5.77. The Balaban J connectivity index is 1.39. The highest BCUT2D eigenvalue weighted by Gasteiger charge is 2.31. The van der Waals surface area contributed by atoms with Crippen LogP contribution >= 0.6 is 0 Å². The van der Waals surface area contributed by atoms with Crippen LogP contribution in [-0.2, 0) is 6.54 Å². The number of hydrogen-bond acceptors (Lipinski definition) is 5. The van der Waals surface area contributed by atoms with Crippen molar-refractivity contribution in [1.29, 1.82) is 0 Å². The van der Waals surface area contributed by atoms with E-state index in [2.05, 4.69) is 14.9 Å². The monoisotopic (exact) mass is 377 g/mol. The van der Waals surface area contributed by atoms with E-state index in [1.807, 2.05) is 35.2 Å². The molecule has 0 spiro atoms.